The van der Waals surface area contributed by atoms with Gasteiger partial charge in [0.25, 0.3) is 0 Å². The monoisotopic (exact) mass is 194 g/mol. The van der Waals surface area contributed by atoms with Gasteiger partial charge in [-0.3, -0.25) is 4.68 Å². The molecule has 0 aliphatic carbocycles. The van der Waals surface area contributed by atoms with Crippen LogP contribution in [0.4, 0.5) is 0 Å². The Hall–Kier alpha value is -0.350. The van der Waals surface area contributed by atoms with E-state index in [-0.39, 0.29) is 0 Å². The van der Waals surface area contributed by atoms with E-state index >= 15 is 0 Å². The third-order valence-electron chi connectivity index (χ3n) is 0.716. The largest absolute Gasteiger partial charge is 0.394 e. The maximum atomic E-state index is 8.89. The van der Waals surface area contributed by atoms with Gasteiger partial charge >= 0.3 is 0 Å². The Bertz CT molecular complexity index is 308. The molecule has 0 aromatic carbocycles. The molecule has 1 heterocycles. The van der Waals surface area contributed by atoms with E-state index in [4.69, 9.17) is 10.6 Å². The maximum Gasteiger partial charge on any atom is 0.0641 e. The summed E-state index contributed by atoms with van der Waals surface area (Å²) in [5.41, 5.74) is 0. The predicted molar refractivity (Wildman–Crippen MR) is 37.0 cm³/mol. The van der Waals surface area contributed by atoms with Crippen LogP contribution in [0.15, 0.2) is 16.9 Å². The topological polar surface area (TPSA) is 38.0 Å². The van der Waals surface area contributed by atoms with Crippen LogP contribution < -0.4 is 0 Å². The fourth-order valence-electron chi connectivity index (χ4n) is 0.413. The zero-order chi connectivity index (χ0) is 10.3. The van der Waals surface area contributed by atoms with Crippen molar-refractivity contribution >= 4 is 15.9 Å². The number of nitrogens with zero attached hydrogens (tertiary/aromatic N) is 2. The molecule has 0 aliphatic heterocycles. The van der Waals surface area contributed by atoms with Crippen LogP contribution in [0.2, 0.25) is 0 Å². The number of hydrogen-bond acceptors (Lipinski definition) is 2. The molecule has 0 fully saturated rings. The smallest absolute Gasteiger partial charge is 0.0641 e. The Morgan fingerprint density at radius 3 is 3.22 bits per heavy atom. The number of hydrogen-bond donors (Lipinski definition) is 1. The molecule has 50 valence electrons. The number of halogens is 1. The first-order valence-electron chi connectivity index (χ1n) is 4.18. The molecule has 9 heavy (non-hydrogen) atoms. The van der Waals surface area contributed by atoms with Crippen molar-refractivity contribution < 1.29 is 10.6 Å². The van der Waals surface area contributed by atoms with Crippen LogP contribution in [0.5, 0.6) is 0 Å². The summed E-state index contributed by atoms with van der Waals surface area (Å²) in [5, 5.41) is 12.4. The van der Waals surface area contributed by atoms with Crippen LogP contribution in [-0.2, 0) is 6.50 Å². The fourth-order valence-corrected chi connectivity index (χ4v) is 0.699. The number of aromatic nitrogens is 2. The summed E-state index contributed by atoms with van der Waals surface area (Å²) in [7, 11) is 0. The second-order valence-corrected chi connectivity index (χ2v) is 2.24. The minimum atomic E-state index is -2.97. The molecule has 3 nitrogen and oxygen atoms in total. The molecule has 1 aromatic rings. The molecule has 0 bridgehead atoms. The Kier molecular flexibility index (Phi) is 1.05. The van der Waals surface area contributed by atoms with E-state index in [0.29, 0.717) is 4.47 Å². The summed E-state index contributed by atoms with van der Waals surface area (Å²) in [6.07, 6.45) is 2.55. The summed E-state index contributed by atoms with van der Waals surface area (Å²) in [6.45, 7) is -5.56. The molecule has 0 aliphatic rings. The van der Waals surface area contributed by atoms with Crippen molar-refractivity contribution in [1.29, 1.82) is 0 Å². The lowest BCUT2D eigenvalue weighted by Gasteiger charge is -1.92. The molecule has 0 radical (unpaired) electrons. The molecule has 0 atom stereocenters. The SMILES string of the molecule is [2H]C([2H])(O)C([2H])([2H])n1cc(Br)cn1. The highest BCUT2D eigenvalue weighted by Gasteiger charge is 1.90. The minimum absolute atomic E-state index is 0.514. The zero-order valence-corrected chi connectivity index (χ0v) is 5.96. The van der Waals surface area contributed by atoms with Crippen LogP contribution in [0.1, 0.15) is 5.48 Å². The molecule has 1 N–H and O–H groups in total. The van der Waals surface area contributed by atoms with E-state index in [1.54, 1.807) is 0 Å². The van der Waals surface area contributed by atoms with Gasteiger partial charge in [0, 0.05) is 6.20 Å². The molecule has 0 unspecified atom stereocenters. The number of aliphatic hydroxyl groups is 1. The first-order chi connectivity index (χ1) is 5.75. The van der Waals surface area contributed by atoms with E-state index in [1.165, 1.54) is 12.4 Å². The molecule has 4 heteroatoms. The normalized spacial score (nSPS) is 19.8. The van der Waals surface area contributed by atoms with Crippen LogP contribution in [0, 0.1) is 0 Å². The van der Waals surface area contributed by atoms with Gasteiger partial charge in [-0.2, -0.15) is 5.10 Å². The van der Waals surface area contributed by atoms with Crippen molar-refractivity contribution in [2.45, 2.75) is 6.50 Å². The van der Waals surface area contributed by atoms with Gasteiger partial charge in [0.15, 0.2) is 0 Å². The van der Waals surface area contributed by atoms with E-state index in [9.17, 15) is 0 Å². The first kappa shape index (κ1) is 3.16. The Labute approximate surface area is 67.1 Å². The third kappa shape index (κ3) is 1.80. The van der Waals surface area contributed by atoms with Gasteiger partial charge in [-0.1, -0.05) is 0 Å². The summed E-state index contributed by atoms with van der Waals surface area (Å²) < 4.78 is 29.4. The lowest BCUT2D eigenvalue weighted by Crippen LogP contribution is -2.01. The highest BCUT2D eigenvalue weighted by molar-refractivity contribution is 9.10. The van der Waals surface area contributed by atoms with Gasteiger partial charge in [0.2, 0.25) is 0 Å². The zero-order valence-electron chi connectivity index (χ0n) is 8.37. The van der Waals surface area contributed by atoms with Crippen molar-refractivity contribution in [3.8, 4) is 0 Å². The van der Waals surface area contributed by atoms with Gasteiger partial charge < -0.3 is 5.11 Å². The summed E-state index contributed by atoms with van der Waals surface area (Å²) in [5.74, 6) is 0. The molecule has 1 rings (SSSR count). The fraction of sp³-hybridized carbons (Fsp3) is 0.400. The first-order valence-corrected chi connectivity index (χ1v) is 2.97. The number of aryl methyl sites for hydroxylation is 1. The van der Waals surface area contributed by atoms with E-state index in [2.05, 4.69) is 21.0 Å². The molecular formula is C5H7BrN2O. The molecule has 0 spiro atoms. The van der Waals surface area contributed by atoms with Crippen molar-refractivity contribution in [3.05, 3.63) is 16.9 Å². The van der Waals surface area contributed by atoms with Crippen molar-refractivity contribution in [2.24, 2.45) is 0 Å². The van der Waals surface area contributed by atoms with Crippen LogP contribution in [0.3, 0.4) is 0 Å². The van der Waals surface area contributed by atoms with Crippen molar-refractivity contribution in [2.75, 3.05) is 6.56 Å². The molecule has 0 saturated carbocycles. The lowest BCUT2D eigenvalue weighted by atomic mass is 10.7. The van der Waals surface area contributed by atoms with Gasteiger partial charge in [-0.15, -0.1) is 0 Å². The highest BCUT2D eigenvalue weighted by Crippen LogP contribution is 2.05. The quantitative estimate of drug-likeness (QED) is 0.751. The number of rotatable bonds is 2. The molecule has 0 amide bonds. The van der Waals surface area contributed by atoms with E-state index < -0.39 is 13.1 Å². The predicted octanol–water partition coefficient (Wildman–Crippen LogP) is 0.638. The average molecular weight is 195 g/mol. The minimum Gasteiger partial charge on any atom is -0.394 e. The standard InChI is InChI=1S/C5H7BrN2O/c6-5-3-7-8(4-5)1-2-9/h3-4,9H,1-2H2/i1D2,2D2. The van der Waals surface area contributed by atoms with Crippen LogP contribution >= 0.6 is 15.9 Å². The van der Waals surface area contributed by atoms with Crippen LogP contribution in [-0.4, -0.2) is 21.4 Å². The van der Waals surface area contributed by atoms with Gasteiger partial charge in [-0.05, 0) is 15.9 Å². The van der Waals surface area contributed by atoms with Gasteiger partial charge in [0.05, 0.1) is 29.2 Å². The lowest BCUT2D eigenvalue weighted by molar-refractivity contribution is 0.269. The Morgan fingerprint density at radius 2 is 2.78 bits per heavy atom. The highest BCUT2D eigenvalue weighted by atomic mass is 79.9. The third-order valence-corrected chi connectivity index (χ3v) is 1.13. The Morgan fingerprint density at radius 1 is 2.00 bits per heavy atom. The van der Waals surface area contributed by atoms with Crippen molar-refractivity contribution in [3.63, 3.8) is 0 Å². The average Bonchev–Trinajstić information content (AvgIpc) is 2.33. The maximum absolute atomic E-state index is 8.89. The molecular weight excluding hydrogens is 184 g/mol. The van der Waals surface area contributed by atoms with Crippen molar-refractivity contribution in [1.82, 2.24) is 9.78 Å². The molecule has 0 saturated heterocycles. The molecule has 1 aromatic heterocycles. The second-order valence-electron chi connectivity index (χ2n) is 1.33. The summed E-state index contributed by atoms with van der Waals surface area (Å²) in [6, 6.07) is 0. The summed E-state index contributed by atoms with van der Waals surface area (Å²) >= 11 is 3.04. The van der Waals surface area contributed by atoms with Gasteiger partial charge in [-0.25, -0.2) is 0 Å². The van der Waals surface area contributed by atoms with E-state index in [0.717, 1.165) is 4.68 Å². The summed E-state index contributed by atoms with van der Waals surface area (Å²) in [4.78, 5) is 0. The van der Waals surface area contributed by atoms with E-state index in [1.807, 2.05) is 0 Å². The van der Waals surface area contributed by atoms with Gasteiger partial charge in [0.1, 0.15) is 0 Å². The second kappa shape index (κ2) is 2.98. The Balaban J connectivity index is 3.07. The van der Waals surface area contributed by atoms with Crippen LogP contribution in [0.25, 0.3) is 0 Å².